The zero-order chi connectivity index (χ0) is 22.9. The molecule has 1 saturated heterocycles. The summed E-state index contributed by atoms with van der Waals surface area (Å²) in [6.45, 7) is 7.24. The van der Waals surface area contributed by atoms with Crippen molar-refractivity contribution < 1.29 is 8.78 Å². The van der Waals surface area contributed by atoms with Crippen LogP contribution in [0.4, 0.5) is 14.5 Å². The van der Waals surface area contributed by atoms with Crippen molar-refractivity contribution in [3.8, 4) is 0 Å². The third-order valence-corrected chi connectivity index (χ3v) is 7.04. The van der Waals surface area contributed by atoms with Gasteiger partial charge < -0.3 is 5.32 Å². The number of anilines is 1. The number of H-pyrrole nitrogens is 1. The number of pyridine rings is 1. The van der Waals surface area contributed by atoms with Gasteiger partial charge in [-0.2, -0.15) is 5.10 Å². The lowest BCUT2D eigenvalue weighted by molar-refractivity contribution is 0.0456. The molecule has 0 spiro atoms. The van der Waals surface area contributed by atoms with Crippen LogP contribution in [0.3, 0.4) is 0 Å². The maximum atomic E-state index is 13.5. The number of fused-ring (bicyclic) bond motifs is 3. The Morgan fingerprint density at radius 3 is 2.76 bits per heavy atom. The lowest BCUT2D eigenvalue weighted by atomic mass is 9.85. The lowest BCUT2D eigenvalue weighted by Gasteiger charge is -2.42. The van der Waals surface area contributed by atoms with Gasteiger partial charge in [0.1, 0.15) is 0 Å². The standard InChI is InChI=1S/C25H32F2N6/c1-3-4-9-32-13-18(14-32)30-17-5-7-23(28-11-17)25-19-6-8-22-21(12-29-31-22)20(19)10-16(2)33(25)15-24(26)27/h5-8,11-12,16,18,24-25,30H,3-4,9-10,13-15H2,1-2H3,(H,29,31)/t16-,25+/m1/s1. The average molecular weight is 455 g/mol. The summed E-state index contributed by atoms with van der Waals surface area (Å²) < 4.78 is 27.1. The maximum absolute atomic E-state index is 13.5. The summed E-state index contributed by atoms with van der Waals surface area (Å²) in [6, 6.07) is 8.15. The Morgan fingerprint density at radius 1 is 1.18 bits per heavy atom. The number of aromatic nitrogens is 3. The molecule has 1 aromatic carbocycles. The van der Waals surface area contributed by atoms with Crippen molar-refractivity contribution in [3.63, 3.8) is 0 Å². The van der Waals surface area contributed by atoms with E-state index in [2.05, 4.69) is 27.3 Å². The van der Waals surface area contributed by atoms with E-state index in [1.165, 1.54) is 18.4 Å². The second kappa shape index (κ2) is 9.35. The number of benzene rings is 1. The number of nitrogens with zero attached hydrogens (tertiary/aromatic N) is 4. The van der Waals surface area contributed by atoms with Crippen LogP contribution in [0.1, 0.15) is 49.6 Å². The monoisotopic (exact) mass is 454 g/mol. The second-order valence-corrected chi connectivity index (χ2v) is 9.43. The summed E-state index contributed by atoms with van der Waals surface area (Å²) in [6.07, 6.45) is 4.46. The molecule has 0 radical (unpaired) electrons. The van der Waals surface area contributed by atoms with Crippen LogP contribution in [0.15, 0.2) is 36.7 Å². The molecule has 33 heavy (non-hydrogen) atoms. The fourth-order valence-electron chi connectivity index (χ4n) is 5.31. The Morgan fingerprint density at radius 2 is 2.03 bits per heavy atom. The molecule has 0 saturated carbocycles. The van der Waals surface area contributed by atoms with Gasteiger partial charge in [-0.05, 0) is 55.6 Å². The molecule has 2 aliphatic rings. The highest BCUT2D eigenvalue weighted by Crippen LogP contribution is 2.40. The average Bonchev–Trinajstić information content (AvgIpc) is 3.25. The van der Waals surface area contributed by atoms with Gasteiger partial charge in [0.2, 0.25) is 0 Å². The first-order valence-electron chi connectivity index (χ1n) is 12.0. The van der Waals surface area contributed by atoms with Crippen molar-refractivity contribution in [1.82, 2.24) is 25.0 Å². The Labute approximate surface area is 193 Å². The second-order valence-electron chi connectivity index (χ2n) is 9.43. The van der Waals surface area contributed by atoms with Crippen LogP contribution >= 0.6 is 0 Å². The van der Waals surface area contributed by atoms with Crippen LogP contribution in [0.2, 0.25) is 0 Å². The molecular weight excluding hydrogens is 422 g/mol. The maximum Gasteiger partial charge on any atom is 0.251 e. The summed E-state index contributed by atoms with van der Waals surface area (Å²) in [4.78, 5) is 9.11. The predicted molar refractivity (Wildman–Crippen MR) is 127 cm³/mol. The van der Waals surface area contributed by atoms with Crippen LogP contribution in [-0.2, 0) is 6.42 Å². The van der Waals surface area contributed by atoms with E-state index >= 15 is 0 Å². The molecule has 6 nitrogen and oxygen atoms in total. The van der Waals surface area contributed by atoms with Gasteiger partial charge >= 0.3 is 0 Å². The molecular formula is C25H32F2N6. The topological polar surface area (TPSA) is 60.1 Å². The molecule has 0 aliphatic carbocycles. The summed E-state index contributed by atoms with van der Waals surface area (Å²) in [5.41, 5.74) is 4.98. The number of likely N-dealkylation sites (tertiary alicyclic amines) is 1. The Kier molecular flexibility index (Phi) is 6.29. The zero-order valence-electron chi connectivity index (χ0n) is 19.3. The molecule has 0 unspecified atom stereocenters. The molecule has 0 bridgehead atoms. The van der Waals surface area contributed by atoms with E-state index in [1.807, 2.05) is 48.5 Å². The minimum atomic E-state index is -2.40. The number of aromatic amines is 1. The van der Waals surface area contributed by atoms with Gasteiger partial charge in [0.15, 0.2) is 0 Å². The molecule has 176 valence electrons. The molecule has 3 aromatic rings. The van der Waals surface area contributed by atoms with Crippen LogP contribution < -0.4 is 5.32 Å². The molecule has 2 atom stereocenters. The minimum Gasteiger partial charge on any atom is -0.378 e. The zero-order valence-corrected chi connectivity index (χ0v) is 19.3. The van der Waals surface area contributed by atoms with E-state index in [-0.39, 0.29) is 18.6 Å². The van der Waals surface area contributed by atoms with E-state index in [0.29, 0.717) is 12.5 Å². The molecule has 5 rings (SSSR count). The van der Waals surface area contributed by atoms with Gasteiger partial charge in [-0.15, -0.1) is 0 Å². The predicted octanol–water partition coefficient (Wildman–Crippen LogP) is 4.46. The highest BCUT2D eigenvalue weighted by Gasteiger charge is 2.36. The van der Waals surface area contributed by atoms with Crippen molar-refractivity contribution in [2.45, 2.75) is 57.7 Å². The molecule has 1 fully saturated rings. The van der Waals surface area contributed by atoms with Gasteiger partial charge in [0.05, 0.1) is 47.9 Å². The fourth-order valence-corrected chi connectivity index (χ4v) is 5.31. The molecule has 4 heterocycles. The largest absolute Gasteiger partial charge is 0.378 e. The Bertz CT molecular complexity index is 1080. The quantitative estimate of drug-likeness (QED) is 0.527. The van der Waals surface area contributed by atoms with Crippen molar-refractivity contribution in [1.29, 1.82) is 0 Å². The minimum absolute atomic E-state index is 0.0271. The van der Waals surface area contributed by atoms with Gasteiger partial charge in [-0.25, -0.2) is 8.78 Å². The SMILES string of the molecule is CCCCN1CC(Nc2ccc([C@@H]3c4ccc5[nH]ncc5c4C[C@@H](C)N3CC(F)F)nc2)C1. The molecule has 8 heteroatoms. The Hall–Kier alpha value is -2.58. The Balaban J connectivity index is 1.39. The van der Waals surface area contributed by atoms with Crippen LogP contribution in [0, 0.1) is 0 Å². The fraction of sp³-hybridized carbons (Fsp3) is 0.520. The molecule has 0 amide bonds. The number of halogens is 2. The van der Waals surface area contributed by atoms with E-state index < -0.39 is 6.43 Å². The normalized spacial score (nSPS) is 22.0. The summed E-state index contributed by atoms with van der Waals surface area (Å²) in [5.74, 6) is 0. The van der Waals surface area contributed by atoms with Gasteiger partial charge in [-0.3, -0.25) is 19.9 Å². The molecule has 2 aliphatic heterocycles. The van der Waals surface area contributed by atoms with Crippen LogP contribution in [0.25, 0.3) is 10.9 Å². The van der Waals surface area contributed by atoms with Gasteiger partial charge in [0.25, 0.3) is 6.43 Å². The van der Waals surface area contributed by atoms with E-state index in [1.54, 1.807) is 0 Å². The third-order valence-electron chi connectivity index (χ3n) is 7.04. The van der Waals surface area contributed by atoms with Crippen molar-refractivity contribution in [3.05, 3.63) is 53.5 Å². The number of nitrogens with one attached hydrogen (secondary N) is 2. The first-order valence-corrected chi connectivity index (χ1v) is 12.0. The van der Waals surface area contributed by atoms with E-state index in [0.717, 1.165) is 47.5 Å². The van der Waals surface area contributed by atoms with Gasteiger partial charge in [-0.1, -0.05) is 19.4 Å². The van der Waals surface area contributed by atoms with Crippen molar-refractivity contribution in [2.24, 2.45) is 0 Å². The highest BCUT2D eigenvalue weighted by atomic mass is 19.3. The number of rotatable bonds is 8. The molecule has 2 N–H and O–H groups in total. The van der Waals surface area contributed by atoms with E-state index in [4.69, 9.17) is 4.98 Å². The van der Waals surface area contributed by atoms with Crippen LogP contribution in [0.5, 0.6) is 0 Å². The smallest absolute Gasteiger partial charge is 0.251 e. The number of unbranched alkanes of at least 4 members (excludes halogenated alkanes) is 1. The van der Waals surface area contributed by atoms with Gasteiger partial charge in [0, 0.05) is 24.5 Å². The van der Waals surface area contributed by atoms with Crippen molar-refractivity contribution in [2.75, 3.05) is 31.5 Å². The highest BCUT2D eigenvalue weighted by molar-refractivity contribution is 5.83. The first kappa shape index (κ1) is 22.2. The number of hydrogen-bond donors (Lipinski definition) is 2. The number of alkyl halides is 2. The summed E-state index contributed by atoms with van der Waals surface area (Å²) >= 11 is 0. The van der Waals surface area contributed by atoms with Crippen molar-refractivity contribution >= 4 is 16.6 Å². The first-order chi connectivity index (χ1) is 16.0. The van der Waals surface area contributed by atoms with Crippen LogP contribution in [-0.4, -0.2) is 69.7 Å². The lowest BCUT2D eigenvalue weighted by Crippen LogP contribution is -2.54. The third kappa shape index (κ3) is 4.46. The summed E-state index contributed by atoms with van der Waals surface area (Å²) in [7, 11) is 0. The number of hydrogen-bond acceptors (Lipinski definition) is 5. The van der Waals surface area contributed by atoms with E-state index in [9.17, 15) is 8.78 Å². The summed E-state index contributed by atoms with van der Waals surface area (Å²) in [5, 5.41) is 11.8. The molecule has 2 aromatic heterocycles.